The number of amides is 1. The van der Waals surface area contributed by atoms with Gasteiger partial charge in [0.05, 0.1) is 5.57 Å². The molecule has 4 nitrogen and oxygen atoms in total. The fraction of sp³-hybridized carbons (Fsp3) is 0.167. The highest BCUT2D eigenvalue weighted by Gasteiger charge is 2.28. The summed E-state index contributed by atoms with van der Waals surface area (Å²) in [4.78, 5) is 22.4. The molecular weight excluding hydrogens is 242 g/mol. The van der Waals surface area contributed by atoms with Crippen molar-refractivity contribution in [2.45, 2.75) is 12.3 Å². The Morgan fingerprint density at radius 3 is 2.59 bits per heavy atom. The minimum atomic E-state index is -1.02. The quantitative estimate of drug-likeness (QED) is 0.844. The van der Waals surface area contributed by atoms with Crippen molar-refractivity contribution in [3.8, 4) is 0 Å². The molecule has 1 aromatic carbocycles. The molecule has 5 heteroatoms. The van der Waals surface area contributed by atoms with E-state index in [4.69, 9.17) is 16.7 Å². The number of carboxylic acids is 1. The molecule has 88 valence electrons. The van der Waals surface area contributed by atoms with Crippen molar-refractivity contribution in [1.82, 2.24) is 5.32 Å². The zero-order chi connectivity index (χ0) is 12.4. The van der Waals surface area contributed by atoms with Gasteiger partial charge in [0.25, 0.3) is 0 Å². The van der Waals surface area contributed by atoms with Gasteiger partial charge in [-0.15, -0.1) is 0 Å². The van der Waals surface area contributed by atoms with E-state index in [9.17, 15) is 9.59 Å². The van der Waals surface area contributed by atoms with Crippen molar-refractivity contribution in [1.29, 1.82) is 0 Å². The maximum atomic E-state index is 11.3. The first-order chi connectivity index (χ1) is 8.08. The standard InChI is InChI=1S/C12H10ClNO3/c13-8-3-1-7(2-4-8)9-5-11(15)14-6-10(9)12(16)17/h1-4,6,9H,5H2,(H,14,15)(H,16,17). The van der Waals surface area contributed by atoms with Gasteiger partial charge in [0.2, 0.25) is 5.91 Å². The van der Waals surface area contributed by atoms with Crippen molar-refractivity contribution < 1.29 is 14.7 Å². The maximum Gasteiger partial charge on any atom is 0.333 e. The van der Waals surface area contributed by atoms with Crippen molar-refractivity contribution in [3.63, 3.8) is 0 Å². The number of nitrogens with one attached hydrogen (secondary N) is 1. The summed E-state index contributed by atoms with van der Waals surface area (Å²) in [5.74, 6) is -1.63. The number of carbonyl (C=O) groups is 2. The predicted octanol–water partition coefficient (Wildman–Crippen LogP) is 1.91. The fourth-order valence-corrected chi connectivity index (χ4v) is 1.94. The Kier molecular flexibility index (Phi) is 3.15. The molecule has 0 saturated carbocycles. The lowest BCUT2D eigenvalue weighted by Crippen LogP contribution is -2.29. The average Bonchev–Trinajstić information content (AvgIpc) is 2.29. The smallest absolute Gasteiger partial charge is 0.333 e. The lowest BCUT2D eigenvalue weighted by molar-refractivity contribution is -0.133. The van der Waals surface area contributed by atoms with E-state index >= 15 is 0 Å². The van der Waals surface area contributed by atoms with E-state index in [1.807, 2.05) is 0 Å². The van der Waals surface area contributed by atoms with Gasteiger partial charge < -0.3 is 10.4 Å². The summed E-state index contributed by atoms with van der Waals surface area (Å²) >= 11 is 5.77. The largest absolute Gasteiger partial charge is 0.478 e. The number of carboxylic acid groups (broad SMARTS) is 1. The summed E-state index contributed by atoms with van der Waals surface area (Å²) in [7, 11) is 0. The molecule has 0 aromatic heterocycles. The molecule has 0 spiro atoms. The minimum Gasteiger partial charge on any atom is -0.478 e. The molecule has 1 atom stereocenters. The van der Waals surface area contributed by atoms with Gasteiger partial charge in [-0.3, -0.25) is 4.79 Å². The van der Waals surface area contributed by atoms with Crippen LogP contribution in [-0.2, 0) is 9.59 Å². The van der Waals surface area contributed by atoms with Crippen LogP contribution in [0.4, 0.5) is 0 Å². The van der Waals surface area contributed by atoms with Gasteiger partial charge in [-0.25, -0.2) is 4.79 Å². The van der Waals surface area contributed by atoms with Crippen molar-refractivity contribution in [2.24, 2.45) is 0 Å². The van der Waals surface area contributed by atoms with Crippen LogP contribution in [0.15, 0.2) is 36.0 Å². The van der Waals surface area contributed by atoms with E-state index in [0.717, 1.165) is 5.56 Å². The molecule has 2 N–H and O–H groups in total. The van der Waals surface area contributed by atoms with Crippen molar-refractivity contribution >= 4 is 23.5 Å². The van der Waals surface area contributed by atoms with Gasteiger partial charge in [0, 0.05) is 23.6 Å². The van der Waals surface area contributed by atoms with Crippen LogP contribution in [-0.4, -0.2) is 17.0 Å². The third kappa shape index (κ3) is 2.47. The van der Waals surface area contributed by atoms with Gasteiger partial charge in [0.15, 0.2) is 0 Å². The second-order valence-electron chi connectivity index (χ2n) is 3.78. The van der Waals surface area contributed by atoms with Gasteiger partial charge in [-0.1, -0.05) is 23.7 Å². The number of carbonyl (C=O) groups excluding carboxylic acids is 1. The summed E-state index contributed by atoms with van der Waals surface area (Å²) in [5, 5.41) is 12.1. The van der Waals surface area contributed by atoms with Crippen LogP contribution in [0, 0.1) is 0 Å². The predicted molar refractivity (Wildman–Crippen MR) is 62.7 cm³/mol. The topological polar surface area (TPSA) is 66.4 Å². The molecule has 0 bridgehead atoms. The zero-order valence-corrected chi connectivity index (χ0v) is 9.57. The normalized spacial score (nSPS) is 19.5. The van der Waals surface area contributed by atoms with E-state index < -0.39 is 11.9 Å². The van der Waals surface area contributed by atoms with Crippen LogP contribution in [0.3, 0.4) is 0 Å². The summed E-state index contributed by atoms with van der Waals surface area (Å²) in [6.07, 6.45) is 1.40. The van der Waals surface area contributed by atoms with E-state index in [1.165, 1.54) is 6.20 Å². The third-order valence-electron chi connectivity index (χ3n) is 2.67. The summed E-state index contributed by atoms with van der Waals surface area (Å²) in [5.41, 5.74) is 0.963. The number of hydrogen-bond donors (Lipinski definition) is 2. The number of rotatable bonds is 2. The third-order valence-corrected chi connectivity index (χ3v) is 2.92. The van der Waals surface area contributed by atoms with Gasteiger partial charge in [-0.05, 0) is 17.7 Å². The highest BCUT2D eigenvalue weighted by molar-refractivity contribution is 6.30. The van der Waals surface area contributed by atoms with Gasteiger partial charge in [0.1, 0.15) is 0 Å². The SMILES string of the molecule is O=C1CC(c2ccc(Cl)cc2)C(C(=O)O)=CN1. The molecule has 1 heterocycles. The van der Waals surface area contributed by atoms with Crippen molar-refractivity contribution in [2.75, 3.05) is 0 Å². The van der Waals surface area contributed by atoms with Crippen LogP contribution < -0.4 is 5.32 Å². The van der Waals surface area contributed by atoms with Gasteiger partial charge in [-0.2, -0.15) is 0 Å². The van der Waals surface area contributed by atoms with E-state index in [1.54, 1.807) is 24.3 Å². The molecule has 0 saturated heterocycles. The first kappa shape index (κ1) is 11.7. The molecule has 1 unspecified atom stereocenters. The number of hydrogen-bond acceptors (Lipinski definition) is 2. The molecule has 1 aliphatic heterocycles. The molecule has 1 aliphatic rings. The average molecular weight is 252 g/mol. The Bertz CT molecular complexity index is 493. The summed E-state index contributed by atoms with van der Waals surface area (Å²) < 4.78 is 0. The molecule has 0 aliphatic carbocycles. The Morgan fingerprint density at radius 2 is 2.00 bits per heavy atom. The lowest BCUT2D eigenvalue weighted by atomic mass is 9.87. The molecular formula is C12H10ClNO3. The van der Waals surface area contributed by atoms with E-state index in [2.05, 4.69) is 5.32 Å². The second-order valence-corrected chi connectivity index (χ2v) is 4.22. The second kappa shape index (κ2) is 4.59. The Morgan fingerprint density at radius 1 is 1.35 bits per heavy atom. The van der Waals surface area contributed by atoms with E-state index in [-0.39, 0.29) is 17.9 Å². The van der Waals surface area contributed by atoms with Crippen LogP contribution in [0.2, 0.25) is 5.02 Å². The molecule has 17 heavy (non-hydrogen) atoms. The Labute approximate surface area is 103 Å². The Hall–Kier alpha value is -1.81. The molecule has 0 radical (unpaired) electrons. The Balaban J connectivity index is 2.37. The number of benzene rings is 1. The molecule has 1 aromatic rings. The first-order valence-electron chi connectivity index (χ1n) is 5.06. The first-order valence-corrected chi connectivity index (χ1v) is 5.44. The highest BCUT2D eigenvalue weighted by Crippen LogP contribution is 2.30. The minimum absolute atomic E-state index is 0.139. The number of aliphatic carboxylic acids is 1. The zero-order valence-electron chi connectivity index (χ0n) is 8.81. The molecule has 0 fully saturated rings. The highest BCUT2D eigenvalue weighted by atomic mass is 35.5. The van der Waals surface area contributed by atoms with Crippen LogP contribution in [0.5, 0.6) is 0 Å². The van der Waals surface area contributed by atoms with Crippen LogP contribution in [0.1, 0.15) is 17.9 Å². The van der Waals surface area contributed by atoms with Crippen molar-refractivity contribution in [3.05, 3.63) is 46.6 Å². The summed E-state index contributed by atoms with van der Waals surface area (Å²) in [6, 6.07) is 6.84. The van der Waals surface area contributed by atoms with E-state index in [0.29, 0.717) is 5.02 Å². The van der Waals surface area contributed by atoms with Crippen LogP contribution >= 0.6 is 11.6 Å². The summed E-state index contributed by atoms with van der Waals surface area (Å²) in [6.45, 7) is 0. The van der Waals surface area contributed by atoms with Gasteiger partial charge >= 0.3 is 5.97 Å². The molecule has 2 rings (SSSR count). The number of halogens is 1. The monoisotopic (exact) mass is 251 g/mol. The van der Waals surface area contributed by atoms with Crippen LogP contribution in [0.25, 0.3) is 0 Å². The maximum absolute atomic E-state index is 11.3. The lowest BCUT2D eigenvalue weighted by Gasteiger charge is -2.21. The fourth-order valence-electron chi connectivity index (χ4n) is 1.82. The molecule has 1 amide bonds.